The number of ether oxygens (including phenoxy) is 1. The van der Waals surface area contributed by atoms with E-state index in [1.807, 2.05) is 0 Å². The Labute approximate surface area is 152 Å². The molecule has 0 saturated heterocycles. The molecule has 0 N–H and O–H groups in total. The van der Waals surface area contributed by atoms with Crippen molar-refractivity contribution in [3.8, 4) is 5.82 Å². The molecule has 0 radical (unpaired) electrons. The van der Waals surface area contributed by atoms with E-state index in [1.54, 1.807) is 0 Å². The fourth-order valence-electron chi connectivity index (χ4n) is 3.63. The molecule has 1 aliphatic carbocycles. The number of rotatable bonds is 6. The van der Waals surface area contributed by atoms with Gasteiger partial charge in [0, 0.05) is 35.2 Å². The number of unbranched alkanes of at least 4 members (excludes halogenated alkanes) is 1. The molecule has 0 atom stereocenters. The van der Waals surface area contributed by atoms with Crippen LogP contribution in [0, 0.1) is 13.8 Å². The van der Waals surface area contributed by atoms with Crippen LogP contribution in [0.2, 0.25) is 0 Å². The molecule has 2 aromatic heterocycles. The topological polar surface area (TPSA) is 32.0 Å². The molecular weight excluding hydrogens is 310 g/mol. The molecule has 0 aliphatic heterocycles. The summed E-state index contributed by atoms with van der Waals surface area (Å²) < 4.78 is 10.5. The third kappa shape index (κ3) is 3.69. The van der Waals surface area contributed by atoms with Gasteiger partial charge >= 0.3 is 0 Å². The molecule has 0 aromatic carbocycles. The summed E-state index contributed by atoms with van der Waals surface area (Å²) in [4.78, 5) is 0. The first kappa shape index (κ1) is 18.2. The van der Waals surface area contributed by atoms with Crippen LogP contribution in [-0.4, -0.2) is 27.1 Å². The maximum absolute atomic E-state index is 5.97. The second-order valence-corrected chi connectivity index (χ2v) is 8.51. The predicted octanol–water partition coefficient (Wildman–Crippen LogP) is 5.11. The van der Waals surface area contributed by atoms with Gasteiger partial charge < -0.3 is 9.30 Å². The third-order valence-corrected chi connectivity index (χ3v) is 5.26. The summed E-state index contributed by atoms with van der Waals surface area (Å²) in [5, 5.41) is 5.02. The zero-order valence-electron chi connectivity index (χ0n) is 16.7. The predicted molar refractivity (Wildman–Crippen MR) is 103 cm³/mol. The molecule has 138 valence electrons. The van der Waals surface area contributed by atoms with Crippen molar-refractivity contribution in [1.82, 2.24) is 14.3 Å². The molecule has 1 aliphatic rings. The van der Waals surface area contributed by atoms with E-state index in [0.717, 1.165) is 31.7 Å². The minimum atomic E-state index is 0.0777. The van der Waals surface area contributed by atoms with Crippen LogP contribution in [0.3, 0.4) is 0 Å². The van der Waals surface area contributed by atoms with Crippen molar-refractivity contribution in [3.05, 3.63) is 35.3 Å². The monoisotopic (exact) mass is 343 g/mol. The van der Waals surface area contributed by atoms with Crippen molar-refractivity contribution in [2.45, 2.75) is 84.8 Å². The molecule has 1 fully saturated rings. The van der Waals surface area contributed by atoms with Gasteiger partial charge in [-0.15, -0.1) is 0 Å². The Balaban J connectivity index is 1.82. The van der Waals surface area contributed by atoms with E-state index >= 15 is 0 Å². The highest BCUT2D eigenvalue weighted by molar-refractivity contribution is 5.35. The van der Waals surface area contributed by atoms with E-state index in [1.165, 1.54) is 23.5 Å². The smallest absolute Gasteiger partial charge is 0.159 e. The fraction of sp³-hybridized carbons (Fsp3) is 0.667. The van der Waals surface area contributed by atoms with Crippen LogP contribution in [0.4, 0.5) is 0 Å². The molecular formula is C21H33N3O. The number of nitrogens with zero attached hydrogens (tertiary/aromatic N) is 3. The van der Waals surface area contributed by atoms with Crippen molar-refractivity contribution < 1.29 is 4.74 Å². The Hall–Kier alpha value is -1.55. The van der Waals surface area contributed by atoms with Crippen LogP contribution in [0.15, 0.2) is 18.2 Å². The van der Waals surface area contributed by atoms with Gasteiger partial charge in [-0.25, -0.2) is 0 Å². The van der Waals surface area contributed by atoms with E-state index < -0.39 is 0 Å². The molecule has 1 saturated carbocycles. The Morgan fingerprint density at radius 1 is 1.16 bits per heavy atom. The summed E-state index contributed by atoms with van der Waals surface area (Å²) in [5.74, 6) is 1.04. The van der Waals surface area contributed by atoms with Crippen molar-refractivity contribution >= 4 is 0 Å². The lowest BCUT2D eigenvalue weighted by atomic mass is 9.86. The normalized spacial score (nSPS) is 20.7. The summed E-state index contributed by atoms with van der Waals surface area (Å²) in [7, 11) is 0. The number of hydrogen-bond acceptors (Lipinski definition) is 2. The fourth-order valence-corrected chi connectivity index (χ4v) is 3.63. The van der Waals surface area contributed by atoms with Crippen LogP contribution in [0.1, 0.15) is 76.5 Å². The molecule has 4 heteroatoms. The minimum Gasteiger partial charge on any atom is -0.378 e. The van der Waals surface area contributed by atoms with Crippen LogP contribution < -0.4 is 0 Å². The quantitative estimate of drug-likeness (QED) is 0.683. The van der Waals surface area contributed by atoms with Crippen LogP contribution in [0.25, 0.3) is 5.82 Å². The van der Waals surface area contributed by atoms with E-state index in [-0.39, 0.29) is 5.41 Å². The first-order valence-corrected chi connectivity index (χ1v) is 9.68. The highest BCUT2D eigenvalue weighted by Crippen LogP contribution is 2.38. The van der Waals surface area contributed by atoms with Crippen LogP contribution in [0.5, 0.6) is 0 Å². The minimum absolute atomic E-state index is 0.0777. The average Bonchev–Trinajstić information content (AvgIpc) is 3.05. The van der Waals surface area contributed by atoms with Crippen molar-refractivity contribution in [2.24, 2.45) is 0 Å². The Bertz CT molecular complexity index is 695. The highest BCUT2D eigenvalue weighted by atomic mass is 16.5. The zero-order valence-corrected chi connectivity index (χ0v) is 16.7. The second-order valence-electron chi connectivity index (χ2n) is 8.51. The van der Waals surface area contributed by atoms with Crippen molar-refractivity contribution in [2.75, 3.05) is 6.61 Å². The van der Waals surface area contributed by atoms with Crippen LogP contribution in [-0.2, 0) is 10.2 Å². The SMILES string of the molecule is CCCCOC1CC(n2nc(-n3c(C)ccc3C)cc2C(C)(C)C)C1. The second kappa shape index (κ2) is 6.99. The summed E-state index contributed by atoms with van der Waals surface area (Å²) in [6.45, 7) is 14.2. The number of hydrogen-bond donors (Lipinski definition) is 0. The van der Waals surface area contributed by atoms with Gasteiger partial charge in [0.2, 0.25) is 0 Å². The Kier molecular flexibility index (Phi) is 5.10. The van der Waals surface area contributed by atoms with Gasteiger partial charge in [-0.3, -0.25) is 4.68 Å². The van der Waals surface area contributed by atoms with Crippen LogP contribution >= 0.6 is 0 Å². The molecule has 2 aromatic rings. The Morgan fingerprint density at radius 2 is 1.80 bits per heavy atom. The molecule has 0 amide bonds. The molecule has 0 unspecified atom stereocenters. The van der Waals surface area contributed by atoms with Gasteiger partial charge in [-0.2, -0.15) is 5.10 Å². The number of aromatic nitrogens is 3. The first-order valence-electron chi connectivity index (χ1n) is 9.68. The van der Waals surface area contributed by atoms with Gasteiger partial charge in [-0.1, -0.05) is 34.1 Å². The lowest BCUT2D eigenvalue weighted by Crippen LogP contribution is -2.36. The third-order valence-electron chi connectivity index (χ3n) is 5.26. The maximum atomic E-state index is 5.97. The molecule has 0 bridgehead atoms. The van der Waals surface area contributed by atoms with Gasteiger partial charge in [0.1, 0.15) is 0 Å². The molecule has 2 heterocycles. The van der Waals surface area contributed by atoms with Gasteiger partial charge in [-0.05, 0) is 45.2 Å². The Morgan fingerprint density at radius 3 is 2.36 bits per heavy atom. The van der Waals surface area contributed by atoms with E-state index in [4.69, 9.17) is 9.84 Å². The lowest BCUT2D eigenvalue weighted by molar-refractivity contribution is -0.0308. The van der Waals surface area contributed by atoms with Crippen molar-refractivity contribution in [3.63, 3.8) is 0 Å². The zero-order chi connectivity index (χ0) is 18.2. The molecule has 3 rings (SSSR count). The van der Waals surface area contributed by atoms with E-state index in [2.05, 4.69) is 69.0 Å². The summed E-state index contributed by atoms with van der Waals surface area (Å²) in [6.07, 6.45) is 4.93. The summed E-state index contributed by atoms with van der Waals surface area (Å²) >= 11 is 0. The van der Waals surface area contributed by atoms with E-state index in [0.29, 0.717) is 12.1 Å². The summed E-state index contributed by atoms with van der Waals surface area (Å²) in [6, 6.07) is 7.05. The first-order chi connectivity index (χ1) is 11.8. The molecule has 0 spiro atoms. The summed E-state index contributed by atoms with van der Waals surface area (Å²) in [5.41, 5.74) is 3.86. The van der Waals surface area contributed by atoms with Gasteiger partial charge in [0.15, 0.2) is 5.82 Å². The maximum Gasteiger partial charge on any atom is 0.159 e. The van der Waals surface area contributed by atoms with Gasteiger partial charge in [0.25, 0.3) is 0 Å². The highest BCUT2D eigenvalue weighted by Gasteiger charge is 2.35. The molecule has 25 heavy (non-hydrogen) atoms. The van der Waals surface area contributed by atoms with E-state index in [9.17, 15) is 0 Å². The van der Waals surface area contributed by atoms with Gasteiger partial charge in [0.05, 0.1) is 12.1 Å². The number of aryl methyl sites for hydroxylation is 2. The largest absolute Gasteiger partial charge is 0.378 e. The van der Waals surface area contributed by atoms with Crippen molar-refractivity contribution in [1.29, 1.82) is 0 Å². The standard InChI is InChI=1S/C21H33N3O/c1-7-8-11-25-18-12-17(13-18)24-19(21(4,5)6)14-20(22-24)23-15(2)9-10-16(23)3/h9-10,14,17-18H,7-8,11-13H2,1-6H3. The average molecular weight is 344 g/mol. The molecule has 4 nitrogen and oxygen atoms in total. The lowest BCUT2D eigenvalue weighted by Gasteiger charge is -2.37.